The molecule has 0 saturated heterocycles. The SMILES string of the molecule is Cc1cccc(N(C2=C3C=Cc4ccc(N(c5ccccc5)c5cccc6c5oc5ccccc56)c5c4C3C(=CC5)C=C2)c2cccc3c2oc2ccccc23)c1.c1ccc2cc(-c3ccc(-c4c5ccccc5c(-c5cccc6ccccc56)c5ccccc45)cc3)ccc2c1. The van der Waals surface area contributed by atoms with Crippen molar-refractivity contribution in [2.75, 3.05) is 9.80 Å². The fourth-order valence-corrected chi connectivity index (χ4v) is 15.9. The second-order valence-electron chi connectivity index (χ2n) is 25.8. The van der Waals surface area contributed by atoms with Crippen molar-refractivity contribution in [3.63, 3.8) is 0 Å². The molecule has 3 aliphatic carbocycles. The van der Waals surface area contributed by atoms with Gasteiger partial charge in [0, 0.05) is 38.8 Å². The molecule has 4 nitrogen and oxygen atoms in total. The summed E-state index contributed by atoms with van der Waals surface area (Å²) in [4.78, 5) is 4.81. The lowest BCUT2D eigenvalue weighted by Crippen LogP contribution is -2.26. The first-order valence-electron chi connectivity index (χ1n) is 33.5. The van der Waals surface area contributed by atoms with Gasteiger partial charge in [-0.25, -0.2) is 0 Å². The smallest absolute Gasteiger partial charge is 0.159 e. The highest BCUT2D eigenvalue weighted by molar-refractivity contribution is 6.24. The summed E-state index contributed by atoms with van der Waals surface area (Å²) in [6.07, 6.45) is 12.6. The van der Waals surface area contributed by atoms with E-state index in [1.165, 1.54) is 110 Å². The summed E-state index contributed by atoms with van der Waals surface area (Å²) in [6, 6.07) is 111. The minimum absolute atomic E-state index is 0.0653. The van der Waals surface area contributed by atoms with Crippen molar-refractivity contribution in [2.24, 2.45) is 0 Å². The molecule has 0 spiro atoms. The van der Waals surface area contributed by atoms with Crippen molar-refractivity contribution in [1.29, 1.82) is 0 Å². The number of para-hydroxylation sites is 5. The second-order valence-corrected chi connectivity index (χ2v) is 25.8. The van der Waals surface area contributed by atoms with Crippen LogP contribution in [0.3, 0.4) is 0 Å². The van der Waals surface area contributed by atoms with Crippen LogP contribution in [0.5, 0.6) is 0 Å². The number of nitrogens with zero attached hydrogens (tertiary/aromatic N) is 2. The molecule has 456 valence electrons. The van der Waals surface area contributed by atoms with Crippen molar-refractivity contribution in [1.82, 2.24) is 0 Å². The molecule has 0 aliphatic heterocycles. The topological polar surface area (TPSA) is 32.8 Å². The summed E-state index contributed by atoms with van der Waals surface area (Å²) < 4.78 is 13.4. The molecule has 4 heteroatoms. The van der Waals surface area contributed by atoms with Crippen molar-refractivity contribution in [3.8, 4) is 33.4 Å². The fourth-order valence-electron chi connectivity index (χ4n) is 15.9. The van der Waals surface area contributed by atoms with E-state index in [1.54, 1.807) is 0 Å². The van der Waals surface area contributed by atoms with Crippen molar-refractivity contribution >= 4 is 121 Å². The molecule has 0 bridgehead atoms. The van der Waals surface area contributed by atoms with E-state index in [2.05, 4.69) is 344 Å². The Bertz CT molecular complexity index is 6130. The molecule has 2 aromatic heterocycles. The van der Waals surface area contributed by atoms with Crippen LogP contribution in [-0.2, 0) is 6.42 Å². The van der Waals surface area contributed by atoms with E-state index in [1.807, 2.05) is 12.1 Å². The van der Waals surface area contributed by atoms with Crippen LogP contribution in [0.4, 0.5) is 28.4 Å². The van der Waals surface area contributed by atoms with E-state index >= 15 is 0 Å². The number of aryl methyl sites for hydroxylation is 1. The quantitative estimate of drug-likeness (QED) is 0.135. The molecule has 3 aliphatic rings. The molecule has 20 rings (SSSR count). The Morgan fingerprint density at radius 1 is 0.340 bits per heavy atom. The average molecular weight is 1240 g/mol. The van der Waals surface area contributed by atoms with Gasteiger partial charge in [0.05, 0.1) is 22.8 Å². The number of hydrogen-bond acceptors (Lipinski definition) is 4. The summed E-state index contributed by atoms with van der Waals surface area (Å²) >= 11 is 0. The van der Waals surface area contributed by atoms with Crippen LogP contribution in [0, 0.1) is 6.92 Å². The van der Waals surface area contributed by atoms with Gasteiger partial charge in [-0.15, -0.1) is 0 Å². The summed E-state index contributed by atoms with van der Waals surface area (Å²) in [5.74, 6) is 0.0653. The third-order valence-corrected chi connectivity index (χ3v) is 20.3. The van der Waals surface area contributed by atoms with Crippen LogP contribution in [0.2, 0.25) is 0 Å². The van der Waals surface area contributed by atoms with E-state index in [-0.39, 0.29) is 5.92 Å². The van der Waals surface area contributed by atoms with Crippen molar-refractivity contribution < 1.29 is 8.83 Å². The number of furan rings is 2. The van der Waals surface area contributed by atoms with Gasteiger partial charge in [0.15, 0.2) is 11.2 Å². The van der Waals surface area contributed by atoms with E-state index < -0.39 is 0 Å². The van der Waals surface area contributed by atoms with Gasteiger partial charge in [0.2, 0.25) is 0 Å². The molecule has 97 heavy (non-hydrogen) atoms. The largest absolute Gasteiger partial charge is 0.454 e. The predicted octanol–water partition coefficient (Wildman–Crippen LogP) is 25.8. The molecule has 0 amide bonds. The normalized spacial score (nSPS) is 13.8. The number of anilines is 5. The van der Waals surface area contributed by atoms with Crippen molar-refractivity contribution in [2.45, 2.75) is 19.3 Å². The third kappa shape index (κ3) is 9.28. The molecule has 2 heterocycles. The van der Waals surface area contributed by atoms with Crippen LogP contribution in [0.25, 0.3) is 126 Å². The zero-order valence-electron chi connectivity index (χ0n) is 53.3. The highest BCUT2D eigenvalue weighted by Gasteiger charge is 2.37. The monoisotopic (exact) mass is 1240 g/mol. The van der Waals surface area contributed by atoms with Gasteiger partial charge in [0.1, 0.15) is 11.2 Å². The number of allylic oxidation sites excluding steroid dienone is 6. The summed E-state index contributed by atoms with van der Waals surface area (Å²) in [7, 11) is 0. The molecule has 0 fully saturated rings. The highest BCUT2D eigenvalue weighted by Crippen LogP contribution is 2.55. The standard InChI is InChI=1S/C53H36N2O2.C40H26/c1-33-12-9-15-37(32-33)55(47-21-11-19-41-39-17-6-8-23-49(39)57-53(41)47)45-31-27-35-24-28-42-44(30-26-34-25-29-43(45)51(35)50(34)42)54(36-13-3-2-4-14-36)46-20-10-18-40-38-16-5-7-22-48(38)56-52(40)46;1-2-12-31-26-32(25-22-27(31)10-1)28-20-23-30(24-21-28)39-35-15-5-7-17-37(35)40(38-18-8-6-16-36(38)39)34-19-9-13-29-11-3-4-14-33(29)34/h2-27,29-32,51H,28H2,1H3;1-26H. The molecule has 0 N–H and O–H groups in total. The molecule has 17 aromatic rings. The number of rotatable bonds is 9. The molecule has 1 atom stereocenters. The van der Waals surface area contributed by atoms with E-state index in [0.29, 0.717) is 0 Å². The van der Waals surface area contributed by atoms with Gasteiger partial charge in [-0.2, -0.15) is 0 Å². The maximum absolute atomic E-state index is 6.70. The Morgan fingerprint density at radius 3 is 1.57 bits per heavy atom. The average Bonchev–Trinajstić information content (AvgIpc) is 1.36. The van der Waals surface area contributed by atoms with Gasteiger partial charge in [-0.1, -0.05) is 273 Å². The van der Waals surface area contributed by atoms with E-state index in [0.717, 1.165) is 84.4 Å². The molecular weight excluding hydrogens is 1180 g/mol. The Hall–Kier alpha value is -12.5. The highest BCUT2D eigenvalue weighted by atomic mass is 16.3. The second kappa shape index (κ2) is 22.9. The lowest BCUT2D eigenvalue weighted by Gasteiger charge is -2.39. The molecule has 0 saturated carbocycles. The Labute approximate surface area is 562 Å². The minimum atomic E-state index is 0.0653. The van der Waals surface area contributed by atoms with Crippen LogP contribution in [0.15, 0.2) is 359 Å². The number of hydrogen-bond donors (Lipinski definition) is 0. The predicted molar refractivity (Wildman–Crippen MR) is 408 cm³/mol. The zero-order valence-corrected chi connectivity index (χ0v) is 53.3. The Balaban J connectivity index is 0.000000145. The van der Waals surface area contributed by atoms with Crippen LogP contribution < -0.4 is 9.80 Å². The molecule has 15 aromatic carbocycles. The van der Waals surface area contributed by atoms with E-state index in [4.69, 9.17) is 8.83 Å². The van der Waals surface area contributed by atoms with E-state index in [9.17, 15) is 0 Å². The first kappa shape index (κ1) is 56.1. The number of benzene rings is 15. The Kier molecular flexibility index (Phi) is 13.2. The lowest BCUT2D eigenvalue weighted by atomic mass is 9.69. The molecule has 1 unspecified atom stereocenters. The third-order valence-electron chi connectivity index (χ3n) is 20.3. The maximum Gasteiger partial charge on any atom is 0.159 e. The lowest BCUT2D eigenvalue weighted by molar-refractivity contribution is 0.668. The fraction of sp³-hybridized carbons (Fsp3) is 0.0323. The van der Waals surface area contributed by atoms with Gasteiger partial charge in [-0.3, -0.25) is 0 Å². The Morgan fingerprint density at radius 2 is 0.876 bits per heavy atom. The summed E-state index contributed by atoms with van der Waals surface area (Å²) in [6.45, 7) is 2.16. The first-order chi connectivity index (χ1) is 48.0. The minimum Gasteiger partial charge on any atom is -0.454 e. The number of fused-ring (bicyclic) bond motifs is 10. The molecular formula is C93H62N2O2. The van der Waals surface area contributed by atoms with Crippen LogP contribution in [0.1, 0.15) is 28.2 Å². The zero-order chi connectivity index (χ0) is 64.1. The maximum atomic E-state index is 6.70. The van der Waals surface area contributed by atoms with Crippen molar-refractivity contribution in [3.05, 3.63) is 373 Å². The summed E-state index contributed by atoms with van der Waals surface area (Å²) in [5.41, 5.74) is 25.5. The van der Waals surface area contributed by atoms with Crippen LogP contribution in [-0.4, -0.2) is 0 Å². The van der Waals surface area contributed by atoms with Gasteiger partial charge >= 0.3 is 0 Å². The first-order valence-corrected chi connectivity index (χ1v) is 33.5. The van der Waals surface area contributed by atoms with Crippen LogP contribution >= 0.6 is 0 Å². The summed E-state index contributed by atoms with van der Waals surface area (Å²) in [5, 5.41) is 14.7. The molecule has 0 radical (unpaired) electrons. The van der Waals surface area contributed by atoms with Gasteiger partial charge in [-0.05, 0) is 190 Å². The van der Waals surface area contributed by atoms with Gasteiger partial charge < -0.3 is 18.6 Å². The van der Waals surface area contributed by atoms with Gasteiger partial charge in [0.25, 0.3) is 0 Å².